The van der Waals surface area contributed by atoms with E-state index in [-0.39, 0.29) is 11.4 Å². The quantitative estimate of drug-likeness (QED) is 0.666. The maximum Gasteiger partial charge on any atom is 0.355 e. The summed E-state index contributed by atoms with van der Waals surface area (Å²) < 4.78 is 11.4. The number of carbonyl (C=O) groups excluding carboxylic acids is 1. The second-order valence-electron chi connectivity index (χ2n) is 4.44. The zero-order valence-corrected chi connectivity index (χ0v) is 12.2. The lowest BCUT2D eigenvalue weighted by molar-refractivity contribution is -0.134. The number of ether oxygens (including phenoxy) is 2. The molecule has 114 valence electrons. The summed E-state index contributed by atoms with van der Waals surface area (Å²) in [5, 5.41) is 17.7. The van der Waals surface area contributed by atoms with Gasteiger partial charge in [0.05, 0.1) is 19.6 Å². The van der Waals surface area contributed by atoms with Gasteiger partial charge in [-0.25, -0.2) is 4.79 Å². The molecule has 0 fully saturated rings. The minimum absolute atomic E-state index is 0.0138. The minimum Gasteiger partial charge on any atom is -0.507 e. The highest BCUT2D eigenvalue weighted by Crippen LogP contribution is 2.26. The first kappa shape index (κ1) is 15.4. The molecule has 2 rings (SSSR count). The molecule has 0 aliphatic heterocycles. The predicted octanol–water partition coefficient (Wildman–Crippen LogP) is 1.85. The van der Waals surface area contributed by atoms with Crippen molar-refractivity contribution in [3.63, 3.8) is 0 Å². The summed E-state index contributed by atoms with van der Waals surface area (Å²) in [5.74, 6) is 0.00429. The zero-order chi connectivity index (χ0) is 16.1. The minimum atomic E-state index is -0.565. The molecule has 0 aliphatic rings. The van der Waals surface area contributed by atoms with Crippen molar-refractivity contribution in [1.82, 2.24) is 4.57 Å². The summed E-state index contributed by atoms with van der Waals surface area (Å²) in [6, 6.07) is 7.80. The lowest BCUT2D eigenvalue weighted by atomic mass is 10.1. The van der Waals surface area contributed by atoms with Crippen LogP contribution in [0.2, 0.25) is 0 Å². The molecule has 6 heteroatoms. The number of aromatic nitrogens is 1. The van der Waals surface area contributed by atoms with Gasteiger partial charge in [0.15, 0.2) is 0 Å². The Balaban J connectivity index is 2.56. The van der Waals surface area contributed by atoms with Crippen molar-refractivity contribution in [3.8, 4) is 11.5 Å². The van der Waals surface area contributed by atoms with E-state index in [2.05, 4.69) is 0 Å². The van der Waals surface area contributed by atoms with Gasteiger partial charge in [-0.05, 0) is 36.4 Å². The molecule has 0 bridgehead atoms. The Labute approximate surface area is 127 Å². The molecule has 1 aromatic carbocycles. The highest BCUT2D eigenvalue weighted by molar-refractivity contribution is 6.15. The molecule has 0 atom stereocenters. The van der Waals surface area contributed by atoms with Crippen LogP contribution in [0.4, 0.5) is 0 Å². The van der Waals surface area contributed by atoms with E-state index in [1.165, 1.54) is 30.9 Å². The van der Waals surface area contributed by atoms with Gasteiger partial charge < -0.3 is 24.6 Å². The van der Waals surface area contributed by atoms with E-state index in [9.17, 15) is 9.90 Å². The van der Waals surface area contributed by atoms with Crippen LogP contribution in [0, 0.1) is 5.41 Å². The lowest BCUT2D eigenvalue weighted by Gasteiger charge is -2.10. The number of benzene rings is 1. The Kier molecular flexibility index (Phi) is 4.63. The first-order chi connectivity index (χ1) is 10.5. The van der Waals surface area contributed by atoms with Crippen molar-refractivity contribution in [2.75, 3.05) is 14.2 Å². The Hall–Kier alpha value is -3.02. The first-order valence-electron chi connectivity index (χ1n) is 6.45. The van der Waals surface area contributed by atoms with Crippen LogP contribution in [-0.2, 0) is 9.53 Å². The van der Waals surface area contributed by atoms with Gasteiger partial charge in [0.2, 0.25) is 0 Å². The van der Waals surface area contributed by atoms with E-state index < -0.39 is 5.97 Å². The number of nitrogens with zero attached hydrogens (tertiary/aromatic N) is 1. The summed E-state index contributed by atoms with van der Waals surface area (Å²) in [6.07, 6.45) is 4.64. The third-order valence-electron chi connectivity index (χ3n) is 3.03. The normalized spacial score (nSPS) is 11.1. The van der Waals surface area contributed by atoms with Crippen molar-refractivity contribution < 1.29 is 19.4 Å². The molecule has 0 saturated carbocycles. The summed E-state index contributed by atoms with van der Waals surface area (Å²) >= 11 is 0. The second-order valence-corrected chi connectivity index (χ2v) is 4.44. The Morgan fingerprint density at radius 2 is 1.91 bits per heavy atom. The molecule has 0 amide bonds. The molecular formula is C16H16N2O4. The maximum atomic E-state index is 12.0. The number of rotatable bonds is 4. The SMILES string of the molecule is COC(=O)/C(=C\c1cc(OC)ccc1O)n1ccc(=N)cc1. The fourth-order valence-electron chi connectivity index (χ4n) is 1.85. The third kappa shape index (κ3) is 3.35. The van der Waals surface area contributed by atoms with Crippen LogP contribution in [0.5, 0.6) is 11.5 Å². The summed E-state index contributed by atoms with van der Waals surface area (Å²) in [5.41, 5.74) is 0.619. The van der Waals surface area contributed by atoms with E-state index in [0.717, 1.165) is 0 Å². The Bertz CT molecular complexity index is 757. The van der Waals surface area contributed by atoms with Crippen LogP contribution in [0.25, 0.3) is 11.8 Å². The average Bonchev–Trinajstić information content (AvgIpc) is 2.54. The van der Waals surface area contributed by atoms with Gasteiger partial charge in [-0.15, -0.1) is 0 Å². The fraction of sp³-hybridized carbons (Fsp3) is 0.125. The van der Waals surface area contributed by atoms with Gasteiger partial charge in [-0.2, -0.15) is 0 Å². The number of nitrogens with one attached hydrogen (secondary N) is 1. The van der Waals surface area contributed by atoms with Gasteiger partial charge >= 0.3 is 5.97 Å². The molecule has 6 nitrogen and oxygen atoms in total. The lowest BCUT2D eigenvalue weighted by Crippen LogP contribution is -2.12. The number of hydrogen-bond donors (Lipinski definition) is 2. The fourth-order valence-corrected chi connectivity index (χ4v) is 1.85. The molecule has 1 aromatic heterocycles. The van der Waals surface area contributed by atoms with Crippen LogP contribution in [0.15, 0.2) is 42.7 Å². The summed E-state index contributed by atoms with van der Waals surface area (Å²) in [4.78, 5) is 12.0. The standard InChI is InChI=1S/C16H16N2O4/c1-21-13-3-4-15(19)11(9-13)10-14(16(20)22-2)18-7-5-12(17)6-8-18/h3-10,17,19H,1-2H3/b14-10+. The topological polar surface area (TPSA) is 84.5 Å². The van der Waals surface area contributed by atoms with E-state index in [4.69, 9.17) is 14.9 Å². The molecule has 2 aromatic rings. The predicted molar refractivity (Wildman–Crippen MR) is 81.1 cm³/mol. The summed E-state index contributed by atoms with van der Waals surface area (Å²) in [6.45, 7) is 0. The smallest absolute Gasteiger partial charge is 0.355 e. The number of methoxy groups -OCH3 is 2. The highest BCUT2D eigenvalue weighted by atomic mass is 16.5. The molecule has 0 saturated heterocycles. The van der Waals surface area contributed by atoms with Crippen molar-refractivity contribution in [1.29, 1.82) is 5.41 Å². The van der Waals surface area contributed by atoms with Crippen LogP contribution < -0.4 is 10.1 Å². The Morgan fingerprint density at radius 1 is 1.23 bits per heavy atom. The summed E-state index contributed by atoms with van der Waals surface area (Å²) in [7, 11) is 2.80. The van der Waals surface area contributed by atoms with Gasteiger partial charge in [0, 0.05) is 18.0 Å². The van der Waals surface area contributed by atoms with E-state index in [0.29, 0.717) is 16.7 Å². The number of carbonyl (C=O) groups is 1. The molecule has 0 spiro atoms. The molecular weight excluding hydrogens is 284 g/mol. The molecule has 0 aliphatic carbocycles. The van der Waals surface area contributed by atoms with Crippen molar-refractivity contribution >= 4 is 17.7 Å². The number of aromatic hydroxyl groups is 1. The van der Waals surface area contributed by atoms with Crippen LogP contribution >= 0.6 is 0 Å². The molecule has 22 heavy (non-hydrogen) atoms. The highest BCUT2D eigenvalue weighted by Gasteiger charge is 2.13. The first-order valence-corrected chi connectivity index (χ1v) is 6.45. The van der Waals surface area contributed by atoms with E-state index in [1.807, 2.05) is 0 Å². The largest absolute Gasteiger partial charge is 0.507 e. The zero-order valence-electron chi connectivity index (χ0n) is 12.2. The van der Waals surface area contributed by atoms with Gasteiger partial charge in [-0.1, -0.05) is 0 Å². The maximum absolute atomic E-state index is 12.0. The number of phenols is 1. The second kappa shape index (κ2) is 6.62. The van der Waals surface area contributed by atoms with Crippen LogP contribution in [0.1, 0.15) is 5.56 Å². The van der Waals surface area contributed by atoms with Crippen molar-refractivity contribution in [3.05, 3.63) is 53.6 Å². The van der Waals surface area contributed by atoms with E-state index >= 15 is 0 Å². The molecule has 0 unspecified atom stereocenters. The number of phenolic OH excluding ortho intramolecular Hbond substituents is 1. The van der Waals surface area contributed by atoms with Crippen LogP contribution in [0.3, 0.4) is 0 Å². The van der Waals surface area contributed by atoms with Crippen molar-refractivity contribution in [2.24, 2.45) is 0 Å². The molecule has 2 N–H and O–H groups in total. The molecule has 1 heterocycles. The van der Waals surface area contributed by atoms with Crippen LogP contribution in [-0.4, -0.2) is 29.9 Å². The molecule has 0 radical (unpaired) electrons. The Morgan fingerprint density at radius 3 is 2.50 bits per heavy atom. The van der Waals surface area contributed by atoms with Gasteiger partial charge in [-0.3, -0.25) is 0 Å². The van der Waals surface area contributed by atoms with Crippen molar-refractivity contribution in [2.45, 2.75) is 0 Å². The van der Waals surface area contributed by atoms with Gasteiger partial charge in [0.25, 0.3) is 0 Å². The average molecular weight is 300 g/mol. The van der Waals surface area contributed by atoms with E-state index in [1.54, 1.807) is 36.7 Å². The monoisotopic (exact) mass is 300 g/mol. The number of pyridine rings is 1. The number of hydrogen-bond acceptors (Lipinski definition) is 5. The number of esters is 1. The third-order valence-corrected chi connectivity index (χ3v) is 3.03. The van der Waals surface area contributed by atoms with Gasteiger partial charge in [0.1, 0.15) is 17.2 Å².